The van der Waals surface area contributed by atoms with E-state index in [1.54, 1.807) is 12.3 Å². The Morgan fingerprint density at radius 1 is 1.50 bits per heavy atom. The number of hydrogen-bond acceptors (Lipinski definition) is 4. The standard InChI is InChI=1S/C11H6BrCl2NOS2/c12-7-2-1-3-15-11(7)17-5-8(16)6-4-9(13)18-10(6)14/h1-4H,5H2. The lowest BCUT2D eigenvalue weighted by molar-refractivity contribution is 0.102. The molecule has 7 heteroatoms. The van der Waals surface area contributed by atoms with E-state index >= 15 is 0 Å². The SMILES string of the molecule is O=C(CSc1ncccc1Br)c1cc(Cl)sc1Cl. The number of carbonyl (C=O) groups is 1. The van der Waals surface area contributed by atoms with E-state index in [1.807, 2.05) is 12.1 Å². The number of Topliss-reactive ketones (excluding diaryl/α,β-unsaturated/α-hetero) is 1. The van der Waals surface area contributed by atoms with Gasteiger partial charge in [0.25, 0.3) is 0 Å². The summed E-state index contributed by atoms with van der Waals surface area (Å²) in [6.45, 7) is 0. The summed E-state index contributed by atoms with van der Waals surface area (Å²) in [5.74, 6) is 0.230. The van der Waals surface area contributed by atoms with Crippen molar-refractivity contribution in [2.45, 2.75) is 5.03 Å². The predicted octanol–water partition coefficient (Wildman–Crippen LogP) is 5.19. The van der Waals surface area contributed by atoms with Crippen LogP contribution in [0.2, 0.25) is 8.67 Å². The Morgan fingerprint density at radius 2 is 2.28 bits per heavy atom. The van der Waals surface area contributed by atoms with Gasteiger partial charge in [-0.1, -0.05) is 35.0 Å². The van der Waals surface area contributed by atoms with E-state index in [0.29, 0.717) is 14.2 Å². The van der Waals surface area contributed by atoms with Gasteiger partial charge in [-0.25, -0.2) is 4.98 Å². The molecule has 0 radical (unpaired) electrons. The molecule has 0 aliphatic carbocycles. The molecule has 0 atom stereocenters. The zero-order valence-electron chi connectivity index (χ0n) is 8.82. The van der Waals surface area contributed by atoms with E-state index in [4.69, 9.17) is 23.2 Å². The van der Waals surface area contributed by atoms with Gasteiger partial charge >= 0.3 is 0 Å². The van der Waals surface area contributed by atoms with Gasteiger partial charge < -0.3 is 0 Å². The van der Waals surface area contributed by atoms with E-state index in [9.17, 15) is 4.79 Å². The minimum atomic E-state index is -0.0503. The molecular formula is C11H6BrCl2NOS2. The maximum atomic E-state index is 12.0. The highest BCUT2D eigenvalue weighted by Gasteiger charge is 2.15. The van der Waals surface area contributed by atoms with Crippen molar-refractivity contribution in [2.24, 2.45) is 0 Å². The van der Waals surface area contributed by atoms with Crippen LogP contribution < -0.4 is 0 Å². The monoisotopic (exact) mass is 381 g/mol. The number of thiophene rings is 1. The van der Waals surface area contributed by atoms with E-state index < -0.39 is 0 Å². The molecular weight excluding hydrogens is 377 g/mol. The molecule has 2 aromatic rings. The molecule has 0 unspecified atom stereocenters. The molecule has 0 aliphatic heterocycles. The van der Waals surface area contributed by atoms with Gasteiger partial charge in [-0.15, -0.1) is 11.3 Å². The first-order valence-corrected chi connectivity index (χ1v) is 8.14. The second kappa shape index (κ2) is 6.39. The van der Waals surface area contributed by atoms with Gasteiger partial charge in [-0.05, 0) is 34.1 Å². The van der Waals surface area contributed by atoms with Gasteiger partial charge in [0.1, 0.15) is 9.36 Å². The molecule has 2 aromatic heterocycles. The van der Waals surface area contributed by atoms with Crippen molar-refractivity contribution in [1.82, 2.24) is 4.98 Å². The Morgan fingerprint density at radius 3 is 2.89 bits per heavy atom. The molecule has 0 bridgehead atoms. The van der Waals surface area contributed by atoms with Crippen molar-refractivity contribution >= 4 is 68.0 Å². The van der Waals surface area contributed by atoms with Crippen LogP contribution in [0.15, 0.2) is 33.9 Å². The van der Waals surface area contributed by atoms with Crippen molar-refractivity contribution in [1.29, 1.82) is 0 Å². The Bertz CT molecular complexity index is 588. The Hall–Kier alpha value is -0.0700. The molecule has 0 aromatic carbocycles. The van der Waals surface area contributed by atoms with Gasteiger partial charge in [-0.3, -0.25) is 4.79 Å². The Balaban J connectivity index is 2.05. The third-order valence-electron chi connectivity index (χ3n) is 2.02. The van der Waals surface area contributed by atoms with Crippen LogP contribution in [0.1, 0.15) is 10.4 Å². The lowest BCUT2D eigenvalue weighted by atomic mass is 10.2. The van der Waals surface area contributed by atoms with Gasteiger partial charge in [0.15, 0.2) is 5.78 Å². The average Bonchev–Trinajstić information content (AvgIpc) is 2.67. The molecule has 0 saturated heterocycles. The molecule has 0 aliphatic rings. The number of pyridine rings is 1. The molecule has 18 heavy (non-hydrogen) atoms. The van der Waals surface area contributed by atoms with Crippen LogP contribution in [-0.4, -0.2) is 16.5 Å². The molecule has 2 heterocycles. The summed E-state index contributed by atoms with van der Waals surface area (Å²) in [5.41, 5.74) is 0.478. The highest BCUT2D eigenvalue weighted by molar-refractivity contribution is 9.10. The van der Waals surface area contributed by atoms with Crippen molar-refractivity contribution in [2.75, 3.05) is 5.75 Å². The van der Waals surface area contributed by atoms with Crippen LogP contribution in [0.5, 0.6) is 0 Å². The van der Waals surface area contributed by atoms with Crippen LogP contribution in [0.4, 0.5) is 0 Å². The lowest BCUT2D eigenvalue weighted by Gasteiger charge is -2.01. The van der Waals surface area contributed by atoms with Crippen molar-refractivity contribution in [3.05, 3.63) is 43.1 Å². The summed E-state index contributed by atoms with van der Waals surface area (Å²) in [6.07, 6.45) is 1.69. The number of halogens is 3. The van der Waals surface area contributed by atoms with E-state index in [0.717, 1.165) is 9.50 Å². The predicted molar refractivity (Wildman–Crippen MR) is 81.3 cm³/mol. The zero-order chi connectivity index (χ0) is 13.1. The fourth-order valence-electron chi connectivity index (χ4n) is 1.22. The fraction of sp³-hybridized carbons (Fsp3) is 0.0909. The third kappa shape index (κ3) is 3.48. The fourth-order valence-corrected chi connectivity index (χ4v) is 4.08. The third-order valence-corrected chi connectivity index (χ3v) is 5.42. The minimum absolute atomic E-state index is 0.0503. The number of ketones is 1. The van der Waals surface area contributed by atoms with Crippen molar-refractivity contribution in [3.63, 3.8) is 0 Å². The molecule has 94 valence electrons. The summed E-state index contributed by atoms with van der Waals surface area (Å²) in [6, 6.07) is 5.31. The van der Waals surface area contributed by atoms with E-state index in [1.165, 1.54) is 23.1 Å². The highest BCUT2D eigenvalue weighted by atomic mass is 79.9. The highest BCUT2D eigenvalue weighted by Crippen LogP contribution is 2.33. The van der Waals surface area contributed by atoms with Gasteiger partial charge in [0, 0.05) is 16.2 Å². The number of nitrogens with zero attached hydrogens (tertiary/aromatic N) is 1. The number of hydrogen-bond donors (Lipinski definition) is 0. The average molecular weight is 383 g/mol. The Labute approximate surface area is 131 Å². The molecule has 2 rings (SSSR count). The second-order valence-electron chi connectivity index (χ2n) is 3.24. The van der Waals surface area contributed by atoms with Gasteiger partial charge in [-0.2, -0.15) is 0 Å². The number of carbonyl (C=O) groups excluding carboxylic acids is 1. The summed E-state index contributed by atoms with van der Waals surface area (Å²) < 4.78 is 1.83. The molecule has 2 nitrogen and oxygen atoms in total. The summed E-state index contributed by atoms with van der Waals surface area (Å²) in [7, 11) is 0. The first kappa shape index (κ1) is 14.3. The lowest BCUT2D eigenvalue weighted by Crippen LogP contribution is -2.01. The summed E-state index contributed by atoms with van der Waals surface area (Å²) in [5, 5.41) is 0.781. The topological polar surface area (TPSA) is 30.0 Å². The van der Waals surface area contributed by atoms with Crippen molar-refractivity contribution < 1.29 is 4.79 Å². The second-order valence-corrected chi connectivity index (χ2v) is 7.34. The minimum Gasteiger partial charge on any atom is -0.293 e. The number of aromatic nitrogens is 1. The first-order chi connectivity index (χ1) is 8.58. The van der Waals surface area contributed by atoms with Crippen molar-refractivity contribution in [3.8, 4) is 0 Å². The number of thioether (sulfide) groups is 1. The summed E-state index contributed by atoms with van der Waals surface area (Å²) >= 11 is 17.7. The number of rotatable bonds is 4. The molecule has 0 amide bonds. The molecule has 0 saturated carbocycles. The largest absolute Gasteiger partial charge is 0.293 e. The molecule has 0 spiro atoms. The van der Waals surface area contributed by atoms with Crippen LogP contribution in [0, 0.1) is 0 Å². The zero-order valence-corrected chi connectivity index (χ0v) is 13.6. The Kier molecular flexibility index (Phi) is 5.09. The van der Waals surface area contributed by atoms with Crippen LogP contribution in [0.3, 0.4) is 0 Å². The van der Waals surface area contributed by atoms with Crippen LogP contribution in [-0.2, 0) is 0 Å². The molecule has 0 fully saturated rings. The quantitative estimate of drug-likeness (QED) is 0.538. The summed E-state index contributed by atoms with van der Waals surface area (Å²) in [4.78, 5) is 16.1. The van der Waals surface area contributed by atoms with Crippen LogP contribution in [0.25, 0.3) is 0 Å². The smallest absolute Gasteiger partial charge is 0.175 e. The normalized spacial score (nSPS) is 10.6. The maximum Gasteiger partial charge on any atom is 0.175 e. The van der Waals surface area contributed by atoms with E-state index in [-0.39, 0.29) is 11.5 Å². The van der Waals surface area contributed by atoms with Crippen LogP contribution >= 0.6 is 62.2 Å². The maximum absolute atomic E-state index is 12.0. The molecule has 0 N–H and O–H groups in total. The first-order valence-electron chi connectivity index (χ1n) is 4.79. The van der Waals surface area contributed by atoms with Gasteiger partial charge in [0.05, 0.1) is 10.1 Å². The van der Waals surface area contributed by atoms with Gasteiger partial charge in [0.2, 0.25) is 0 Å². The van der Waals surface area contributed by atoms with E-state index in [2.05, 4.69) is 20.9 Å².